The Morgan fingerprint density at radius 3 is 2.70 bits per heavy atom. The highest BCUT2D eigenvalue weighted by atomic mass is 16.1. The molecule has 1 atom stereocenters. The Bertz CT molecular complexity index is 191. The third kappa shape index (κ3) is 1.32. The van der Waals surface area contributed by atoms with Gasteiger partial charge in [-0.3, -0.25) is 9.59 Å². The van der Waals surface area contributed by atoms with E-state index in [-0.39, 0.29) is 17.5 Å². The van der Waals surface area contributed by atoms with E-state index in [0.717, 1.165) is 0 Å². The summed E-state index contributed by atoms with van der Waals surface area (Å²) < 4.78 is 0. The summed E-state index contributed by atoms with van der Waals surface area (Å²) in [5, 5.41) is 0. The molecule has 2 heteroatoms. The minimum atomic E-state index is -0.343. The van der Waals surface area contributed by atoms with Gasteiger partial charge in [0.2, 0.25) is 0 Å². The summed E-state index contributed by atoms with van der Waals surface area (Å²) in [4.78, 5) is 21.7. The second-order valence-electron chi connectivity index (χ2n) is 2.54. The van der Waals surface area contributed by atoms with Gasteiger partial charge in [0, 0.05) is 6.42 Å². The number of allylic oxidation sites excluding steroid dienone is 2. The highest BCUT2D eigenvalue weighted by Crippen LogP contribution is 2.14. The Labute approximate surface area is 59.9 Å². The topological polar surface area (TPSA) is 34.1 Å². The van der Waals surface area contributed by atoms with Crippen LogP contribution in [0.3, 0.4) is 0 Å². The predicted molar refractivity (Wildman–Crippen MR) is 37.6 cm³/mol. The Balaban J connectivity index is 2.68. The second kappa shape index (κ2) is 2.78. The van der Waals surface area contributed by atoms with Gasteiger partial charge < -0.3 is 0 Å². The molecular formula is C8H10O2. The number of Topliss-reactive ketones (excluding diaryl/α,β-unsaturated/α-hetero) is 2. The van der Waals surface area contributed by atoms with E-state index >= 15 is 0 Å². The van der Waals surface area contributed by atoms with Crippen LogP contribution in [-0.2, 0) is 9.59 Å². The van der Waals surface area contributed by atoms with E-state index in [1.54, 1.807) is 0 Å². The van der Waals surface area contributed by atoms with Gasteiger partial charge in [0.25, 0.3) is 0 Å². The van der Waals surface area contributed by atoms with Crippen molar-refractivity contribution in [1.29, 1.82) is 0 Å². The van der Waals surface area contributed by atoms with Crippen LogP contribution >= 0.6 is 0 Å². The lowest BCUT2D eigenvalue weighted by Gasteiger charge is -2.11. The third-order valence-corrected chi connectivity index (χ3v) is 1.74. The zero-order valence-electron chi connectivity index (χ0n) is 5.96. The SMILES string of the molecule is CC(=O)C1CC=CCC1=O. The zero-order chi connectivity index (χ0) is 7.56. The van der Waals surface area contributed by atoms with Crippen molar-refractivity contribution in [3.8, 4) is 0 Å². The molecule has 0 aromatic carbocycles. The van der Waals surface area contributed by atoms with Crippen molar-refractivity contribution in [3.05, 3.63) is 12.2 Å². The van der Waals surface area contributed by atoms with Crippen LogP contribution in [-0.4, -0.2) is 11.6 Å². The maximum atomic E-state index is 11.0. The summed E-state index contributed by atoms with van der Waals surface area (Å²) in [6.45, 7) is 1.47. The standard InChI is InChI=1S/C8H10O2/c1-6(9)7-4-2-3-5-8(7)10/h2-3,7H,4-5H2,1H3. The van der Waals surface area contributed by atoms with Crippen LogP contribution in [0.4, 0.5) is 0 Å². The van der Waals surface area contributed by atoms with Crippen molar-refractivity contribution in [2.24, 2.45) is 5.92 Å². The van der Waals surface area contributed by atoms with Crippen molar-refractivity contribution in [1.82, 2.24) is 0 Å². The average Bonchev–Trinajstić information content (AvgIpc) is 1.88. The minimum Gasteiger partial charge on any atom is -0.299 e. The van der Waals surface area contributed by atoms with E-state index in [1.165, 1.54) is 6.92 Å². The zero-order valence-corrected chi connectivity index (χ0v) is 5.96. The molecule has 2 nitrogen and oxygen atoms in total. The average molecular weight is 138 g/mol. The molecule has 0 aromatic rings. The largest absolute Gasteiger partial charge is 0.299 e. The normalized spacial score (nSPS) is 24.9. The monoisotopic (exact) mass is 138 g/mol. The van der Waals surface area contributed by atoms with Gasteiger partial charge >= 0.3 is 0 Å². The van der Waals surface area contributed by atoms with Crippen LogP contribution in [0.5, 0.6) is 0 Å². The van der Waals surface area contributed by atoms with Gasteiger partial charge in [-0.05, 0) is 13.3 Å². The maximum absolute atomic E-state index is 11.0. The highest BCUT2D eigenvalue weighted by molar-refractivity contribution is 6.02. The van der Waals surface area contributed by atoms with Gasteiger partial charge in [-0.2, -0.15) is 0 Å². The lowest BCUT2D eigenvalue weighted by atomic mass is 9.90. The van der Waals surface area contributed by atoms with E-state index in [1.807, 2.05) is 12.2 Å². The second-order valence-corrected chi connectivity index (χ2v) is 2.54. The van der Waals surface area contributed by atoms with Gasteiger partial charge in [0.15, 0.2) is 0 Å². The molecule has 0 saturated heterocycles. The number of carbonyl (C=O) groups is 2. The predicted octanol–water partition coefficient (Wildman–Crippen LogP) is 1.11. The molecule has 0 N–H and O–H groups in total. The van der Waals surface area contributed by atoms with E-state index in [9.17, 15) is 9.59 Å². The van der Waals surface area contributed by atoms with Gasteiger partial charge in [0.05, 0.1) is 5.92 Å². The molecule has 0 bridgehead atoms. The summed E-state index contributed by atoms with van der Waals surface area (Å²) in [5.74, 6) is -0.283. The van der Waals surface area contributed by atoms with Crippen molar-refractivity contribution in [2.75, 3.05) is 0 Å². The molecule has 0 heterocycles. The Morgan fingerprint density at radius 1 is 1.60 bits per heavy atom. The number of ketones is 2. The maximum Gasteiger partial charge on any atom is 0.147 e. The van der Waals surface area contributed by atoms with Crippen LogP contribution in [0.2, 0.25) is 0 Å². The smallest absolute Gasteiger partial charge is 0.147 e. The Hall–Kier alpha value is -0.920. The Morgan fingerprint density at radius 2 is 2.30 bits per heavy atom. The fraction of sp³-hybridized carbons (Fsp3) is 0.500. The van der Waals surface area contributed by atoms with Crippen LogP contribution in [0.25, 0.3) is 0 Å². The third-order valence-electron chi connectivity index (χ3n) is 1.74. The lowest BCUT2D eigenvalue weighted by molar-refractivity contribution is -0.131. The van der Waals surface area contributed by atoms with E-state index in [2.05, 4.69) is 0 Å². The van der Waals surface area contributed by atoms with Crippen LogP contribution in [0.1, 0.15) is 19.8 Å². The lowest BCUT2D eigenvalue weighted by Crippen LogP contribution is -2.22. The molecule has 10 heavy (non-hydrogen) atoms. The fourth-order valence-corrected chi connectivity index (χ4v) is 1.10. The molecule has 1 unspecified atom stereocenters. The van der Waals surface area contributed by atoms with Gasteiger partial charge in [0.1, 0.15) is 11.6 Å². The molecule has 0 saturated carbocycles. The summed E-state index contributed by atoms with van der Waals surface area (Å²) in [7, 11) is 0. The first-order valence-electron chi connectivity index (χ1n) is 3.40. The molecule has 0 fully saturated rings. The molecule has 0 aliphatic heterocycles. The summed E-state index contributed by atoms with van der Waals surface area (Å²) in [5.41, 5.74) is 0. The highest BCUT2D eigenvalue weighted by Gasteiger charge is 2.22. The van der Waals surface area contributed by atoms with E-state index in [4.69, 9.17) is 0 Å². The first kappa shape index (κ1) is 7.19. The molecule has 1 aliphatic carbocycles. The quantitative estimate of drug-likeness (QED) is 0.402. The molecule has 0 aromatic heterocycles. The van der Waals surface area contributed by atoms with E-state index < -0.39 is 0 Å². The molecule has 1 aliphatic rings. The van der Waals surface area contributed by atoms with Gasteiger partial charge in [-0.1, -0.05) is 12.2 Å². The first-order chi connectivity index (χ1) is 4.72. The van der Waals surface area contributed by atoms with Crippen molar-refractivity contribution >= 4 is 11.6 Å². The van der Waals surface area contributed by atoms with Crippen molar-refractivity contribution < 1.29 is 9.59 Å². The molecule has 0 radical (unpaired) electrons. The van der Waals surface area contributed by atoms with Gasteiger partial charge in [-0.15, -0.1) is 0 Å². The van der Waals surface area contributed by atoms with Gasteiger partial charge in [-0.25, -0.2) is 0 Å². The molecular weight excluding hydrogens is 128 g/mol. The number of rotatable bonds is 1. The molecule has 1 rings (SSSR count). The number of hydrogen-bond donors (Lipinski definition) is 0. The number of hydrogen-bond acceptors (Lipinski definition) is 2. The number of carbonyl (C=O) groups excluding carboxylic acids is 2. The molecule has 0 spiro atoms. The summed E-state index contributed by atoms with van der Waals surface area (Å²) in [6.07, 6.45) is 4.76. The molecule has 0 amide bonds. The molecule has 54 valence electrons. The first-order valence-corrected chi connectivity index (χ1v) is 3.40. The van der Waals surface area contributed by atoms with Crippen LogP contribution in [0.15, 0.2) is 12.2 Å². The van der Waals surface area contributed by atoms with Crippen molar-refractivity contribution in [2.45, 2.75) is 19.8 Å². The van der Waals surface area contributed by atoms with Crippen LogP contribution in [0, 0.1) is 5.92 Å². The fourth-order valence-electron chi connectivity index (χ4n) is 1.10. The minimum absolute atomic E-state index is 0.00523. The van der Waals surface area contributed by atoms with Crippen molar-refractivity contribution in [3.63, 3.8) is 0 Å². The summed E-state index contributed by atoms with van der Waals surface area (Å²) >= 11 is 0. The van der Waals surface area contributed by atoms with E-state index in [0.29, 0.717) is 12.8 Å². The summed E-state index contributed by atoms with van der Waals surface area (Å²) in [6, 6.07) is 0. The van der Waals surface area contributed by atoms with Crippen LogP contribution < -0.4 is 0 Å². The Kier molecular flexibility index (Phi) is 2.00.